The van der Waals surface area contributed by atoms with Crippen LogP contribution in [0.2, 0.25) is 0 Å². The third kappa shape index (κ3) is 5.16. The Labute approximate surface area is 184 Å². The van der Waals surface area contributed by atoms with E-state index in [0.29, 0.717) is 11.7 Å². The highest BCUT2D eigenvalue weighted by Gasteiger charge is 2.22. The molecule has 1 saturated heterocycles. The van der Waals surface area contributed by atoms with Crippen LogP contribution in [0.1, 0.15) is 36.8 Å². The molecule has 1 aliphatic heterocycles. The largest absolute Gasteiger partial charge is 0.368 e. The van der Waals surface area contributed by atoms with Gasteiger partial charge < -0.3 is 14.2 Å². The van der Waals surface area contributed by atoms with Gasteiger partial charge in [0.05, 0.1) is 16.9 Å². The molecule has 0 spiro atoms. The molecular formula is C22H27N5O3S. The number of nitrogens with zero attached hydrogens (tertiary/aromatic N) is 5. The van der Waals surface area contributed by atoms with Crippen LogP contribution in [0.5, 0.6) is 0 Å². The predicted molar refractivity (Wildman–Crippen MR) is 118 cm³/mol. The lowest BCUT2D eigenvalue weighted by molar-refractivity contribution is 0.0119. The number of anilines is 1. The summed E-state index contributed by atoms with van der Waals surface area (Å²) >= 11 is 0. The highest BCUT2D eigenvalue weighted by molar-refractivity contribution is 7.84. The molecule has 1 fully saturated rings. The highest BCUT2D eigenvalue weighted by Crippen LogP contribution is 2.23. The summed E-state index contributed by atoms with van der Waals surface area (Å²) in [5, 5.41) is 4.09. The van der Waals surface area contributed by atoms with Crippen LogP contribution in [0.4, 0.5) is 5.95 Å². The molecule has 4 rings (SSSR count). The van der Waals surface area contributed by atoms with Crippen LogP contribution in [0, 0.1) is 6.92 Å². The van der Waals surface area contributed by atoms with Crippen molar-refractivity contribution in [2.75, 3.05) is 24.2 Å². The van der Waals surface area contributed by atoms with E-state index in [-0.39, 0.29) is 12.7 Å². The third-order valence-corrected chi connectivity index (χ3v) is 6.43. The van der Waals surface area contributed by atoms with E-state index in [2.05, 4.69) is 25.0 Å². The zero-order valence-electron chi connectivity index (χ0n) is 18.1. The fourth-order valence-electron chi connectivity index (χ4n) is 3.67. The van der Waals surface area contributed by atoms with Crippen LogP contribution in [-0.2, 0) is 28.6 Å². The number of aryl methyl sites for hydroxylation is 2. The van der Waals surface area contributed by atoms with Crippen LogP contribution < -0.4 is 4.90 Å². The predicted octanol–water partition coefficient (Wildman–Crippen LogP) is 3.32. The molecule has 1 aliphatic rings. The first-order chi connectivity index (χ1) is 15.0. The Balaban J connectivity index is 1.32. The maximum Gasteiger partial charge on any atom is 0.252 e. The van der Waals surface area contributed by atoms with E-state index in [4.69, 9.17) is 9.26 Å². The van der Waals surface area contributed by atoms with E-state index >= 15 is 0 Å². The average molecular weight is 442 g/mol. The number of rotatable bonds is 7. The molecule has 0 radical (unpaired) electrons. The van der Waals surface area contributed by atoms with E-state index < -0.39 is 10.8 Å². The van der Waals surface area contributed by atoms with Crippen LogP contribution in [0.25, 0.3) is 11.4 Å². The second-order valence-corrected chi connectivity index (χ2v) is 9.05. The first kappa shape index (κ1) is 21.6. The van der Waals surface area contributed by atoms with Crippen LogP contribution >= 0.6 is 0 Å². The summed E-state index contributed by atoms with van der Waals surface area (Å²) < 4.78 is 23.3. The quantitative estimate of drug-likeness (QED) is 0.551. The molecule has 9 heteroatoms. The minimum absolute atomic E-state index is 0.141. The Morgan fingerprint density at radius 2 is 1.97 bits per heavy atom. The minimum Gasteiger partial charge on any atom is -0.368 e. The number of hydrogen-bond donors (Lipinski definition) is 0. The maximum absolute atomic E-state index is 11.9. The van der Waals surface area contributed by atoms with Crippen molar-refractivity contribution < 1.29 is 13.5 Å². The van der Waals surface area contributed by atoms with Crippen LogP contribution in [-0.4, -0.2) is 49.8 Å². The number of aromatic nitrogens is 4. The van der Waals surface area contributed by atoms with E-state index in [1.165, 1.54) is 0 Å². The normalized spacial score (nSPS) is 15.9. The molecule has 0 amide bonds. The van der Waals surface area contributed by atoms with E-state index in [0.717, 1.165) is 59.9 Å². The summed E-state index contributed by atoms with van der Waals surface area (Å²) in [6.07, 6.45) is 8.11. The van der Waals surface area contributed by atoms with Gasteiger partial charge in [0, 0.05) is 42.2 Å². The van der Waals surface area contributed by atoms with Gasteiger partial charge in [-0.3, -0.25) is 4.21 Å². The lowest BCUT2D eigenvalue weighted by atomic mass is 10.1. The monoisotopic (exact) mass is 441 g/mol. The standard InChI is InChI=1S/C22H27N5O3S/c1-4-16-11-17(5-6-19(16)31(3)28)21-25-20(30-26-21)14-29-18-7-9-27(10-8-18)22-23-12-15(2)13-24-22/h5-6,11-13,18H,4,7-10,14H2,1-3H3. The van der Waals surface area contributed by atoms with E-state index in [1.54, 1.807) is 6.26 Å². The molecule has 3 heterocycles. The third-order valence-electron chi connectivity index (χ3n) is 5.41. The van der Waals surface area contributed by atoms with Crippen molar-refractivity contribution in [2.24, 2.45) is 0 Å². The van der Waals surface area contributed by atoms with Crippen molar-refractivity contribution in [2.45, 2.75) is 50.7 Å². The van der Waals surface area contributed by atoms with Gasteiger partial charge in [0.15, 0.2) is 0 Å². The number of hydrogen-bond acceptors (Lipinski definition) is 8. The second-order valence-electron chi connectivity index (χ2n) is 7.70. The molecule has 1 unspecified atom stereocenters. The lowest BCUT2D eigenvalue weighted by Gasteiger charge is -2.31. The Hall–Kier alpha value is -2.65. The average Bonchev–Trinajstić information content (AvgIpc) is 3.27. The Morgan fingerprint density at radius 3 is 2.65 bits per heavy atom. The first-order valence-electron chi connectivity index (χ1n) is 10.5. The molecule has 0 N–H and O–H groups in total. The molecule has 0 aliphatic carbocycles. The van der Waals surface area contributed by atoms with Gasteiger partial charge >= 0.3 is 0 Å². The van der Waals surface area contributed by atoms with Crippen molar-refractivity contribution in [3.63, 3.8) is 0 Å². The summed E-state index contributed by atoms with van der Waals surface area (Å²) in [7, 11) is -1.02. The molecule has 0 bridgehead atoms. The van der Waals surface area contributed by atoms with Gasteiger partial charge in [-0.15, -0.1) is 0 Å². The highest BCUT2D eigenvalue weighted by atomic mass is 32.2. The van der Waals surface area contributed by atoms with Crippen molar-refractivity contribution in [1.29, 1.82) is 0 Å². The molecule has 1 atom stereocenters. The molecule has 3 aromatic rings. The maximum atomic E-state index is 11.9. The number of piperidine rings is 1. The summed E-state index contributed by atoms with van der Waals surface area (Å²) in [5.74, 6) is 1.75. The van der Waals surface area contributed by atoms with E-state index in [1.807, 2.05) is 44.4 Å². The molecule has 164 valence electrons. The zero-order valence-corrected chi connectivity index (χ0v) is 18.9. The summed E-state index contributed by atoms with van der Waals surface area (Å²) in [6.45, 7) is 6.02. The van der Waals surface area contributed by atoms with Gasteiger partial charge in [0.25, 0.3) is 5.89 Å². The summed E-state index contributed by atoms with van der Waals surface area (Å²) in [5.41, 5.74) is 2.95. The Bertz CT molecular complexity index is 1050. The topological polar surface area (TPSA) is 94.2 Å². The van der Waals surface area contributed by atoms with E-state index in [9.17, 15) is 4.21 Å². The van der Waals surface area contributed by atoms with Gasteiger partial charge in [-0.1, -0.05) is 12.1 Å². The number of ether oxygens (including phenoxy) is 1. The Kier molecular flexibility index (Phi) is 6.72. The van der Waals surface area contributed by atoms with Gasteiger partial charge in [0.2, 0.25) is 11.8 Å². The van der Waals surface area contributed by atoms with Crippen LogP contribution in [0.15, 0.2) is 40.0 Å². The fraction of sp³-hybridized carbons (Fsp3) is 0.455. The first-order valence-corrected chi connectivity index (χ1v) is 12.0. The molecule has 1 aromatic carbocycles. The molecule has 0 saturated carbocycles. The van der Waals surface area contributed by atoms with Gasteiger partial charge in [0.1, 0.15) is 6.61 Å². The SMILES string of the molecule is CCc1cc(-c2noc(COC3CCN(c4ncc(C)cn4)CC3)n2)ccc1S(C)=O. The summed E-state index contributed by atoms with van der Waals surface area (Å²) in [6, 6.07) is 5.74. The van der Waals surface area contributed by atoms with Gasteiger partial charge in [-0.25, -0.2) is 9.97 Å². The molecule has 31 heavy (non-hydrogen) atoms. The molecule has 8 nitrogen and oxygen atoms in total. The lowest BCUT2D eigenvalue weighted by Crippen LogP contribution is -2.38. The van der Waals surface area contributed by atoms with Gasteiger partial charge in [-0.2, -0.15) is 4.98 Å². The van der Waals surface area contributed by atoms with Crippen molar-refractivity contribution in [1.82, 2.24) is 20.1 Å². The van der Waals surface area contributed by atoms with Crippen molar-refractivity contribution in [3.05, 3.63) is 47.6 Å². The second kappa shape index (κ2) is 9.65. The smallest absolute Gasteiger partial charge is 0.252 e. The zero-order chi connectivity index (χ0) is 21.8. The fourth-order valence-corrected chi connectivity index (χ4v) is 4.50. The van der Waals surface area contributed by atoms with Crippen LogP contribution in [0.3, 0.4) is 0 Å². The Morgan fingerprint density at radius 1 is 1.23 bits per heavy atom. The van der Waals surface area contributed by atoms with Crippen molar-refractivity contribution in [3.8, 4) is 11.4 Å². The van der Waals surface area contributed by atoms with Crippen molar-refractivity contribution >= 4 is 16.7 Å². The summed E-state index contributed by atoms with van der Waals surface area (Å²) in [4.78, 5) is 16.3. The molecular weight excluding hydrogens is 414 g/mol. The minimum atomic E-state index is -1.02. The number of benzene rings is 1. The molecule has 2 aromatic heterocycles. The van der Waals surface area contributed by atoms with Gasteiger partial charge in [-0.05, 0) is 55.5 Å².